The van der Waals surface area contributed by atoms with Gasteiger partial charge in [-0.1, -0.05) is 54.1 Å². The highest BCUT2D eigenvalue weighted by atomic mass is 35.5. The van der Waals surface area contributed by atoms with Gasteiger partial charge >= 0.3 is 5.97 Å². The minimum absolute atomic E-state index is 0.120. The van der Waals surface area contributed by atoms with Gasteiger partial charge in [0.1, 0.15) is 23.2 Å². The molecule has 1 aliphatic carbocycles. The molecule has 2 heterocycles. The van der Waals surface area contributed by atoms with Crippen LogP contribution in [0.2, 0.25) is 5.02 Å². The summed E-state index contributed by atoms with van der Waals surface area (Å²) in [5.41, 5.74) is 3.36. The lowest BCUT2D eigenvalue weighted by atomic mass is 9.94. The first-order valence-corrected chi connectivity index (χ1v) is 18.6. The number of ether oxygens (including phenoxy) is 1. The van der Waals surface area contributed by atoms with Gasteiger partial charge in [0.25, 0.3) is 15.9 Å². The molecule has 4 aromatic carbocycles. The Morgan fingerprint density at radius 2 is 1.59 bits per heavy atom. The average Bonchev–Trinajstić information content (AvgIpc) is 4.00. The maximum absolute atomic E-state index is 15.4. The van der Waals surface area contributed by atoms with Crippen molar-refractivity contribution in [2.45, 2.75) is 36.1 Å². The van der Waals surface area contributed by atoms with E-state index in [2.05, 4.69) is 26.1 Å². The van der Waals surface area contributed by atoms with Gasteiger partial charge in [-0.25, -0.2) is 27.0 Å². The Kier molecular flexibility index (Phi) is 10.1. The molecule has 0 aliphatic heterocycles. The SMILES string of the molecule is COC(=O)[C@H](Cc1ccc(-c2ccc(C3CC3)cc2Cl)c2ncccc12)NC(=O)c1c(F)cc(NS(=O)(=O)c2ccc(-c3ccnc(F)c3)cc2)cc1F. The quantitative estimate of drug-likeness (QED) is 0.100. The van der Waals surface area contributed by atoms with Crippen LogP contribution in [0.1, 0.15) is 40.2 Å². The van der Waals surface area contributed by atoms with Crippen LogP contribution in [0.3, 0.4) is 0 Å². The van der Waals surface area contributed by atoms with Crippen molar-refractivity contribution < 1.29 is 35.9 Å². The predicted octanol–water partition coefficient (Wildman–Crippen LogP) is 8.23. The zero-order valence-electron chi connectivity index (χ0n) is 28.4. The maximum Gasteiger partial charge on any atom is 0.328 e. The third-order valence-corrected chi connectivity index (χ3v) is 10.9. The molecule has 1 saturated carbocycles. The van der Waals surface area contributed by atoms with Crippen molar-refractivity contribution in [3.05, 3.63) is 143 Å². The van der Waals surface area contributed by atoms with E-state index < -0.39 is 56.8 Å². The van der Waals surface area contributed by atoms with E-state index in [0.717, 1.165) is 31.1 Å². The number of hydrogen-bond acceptors (Lipinski definition) is 7. The summed E-state index contributed by atoms with van der Waals surface area (Å²) in [4.78, 5) is 34.1. The maximum atomic E-state index is 15.4. The minimum Gasteiger partial charge on any atom is -0.467 e. The number of carbonyl (C=O) groups is 2. The standard InChI is InChI=1S/C40H30ClF3N4O5S/c1-53-40(50)35(18-26-9-13-31(38-29(26)3-2-15-46-38)30-12-8-24(17-32(30)41)22-4-5-22)47-39(49)37-33(42)20-27(21-34(37)43)48-54(51,52)28-10-6-23(7-11-28)25-14-16-45-36(44)19-25/h2-3,6-17,19-22,35,48H,4-5,18H2,1H3,(H,47,49)/t35-/m0/s1. The largest absolute Gasteiger partial charge is 0.467 e. The first-order chi connectivity index (χ1) is 25.9. The number of esters is 1. The second-order valence-corrected chi connectivity index (χ2v) is 14.8. The number of halogens is 4. The van der Waals surface area contributed by atoms with Crippen LogP contribution in [0.15, 0.2) is 108 Å². The lowest BCUT2D eigenvalue weighted by Crippen LogP contribution is -2.43. The molecule has 1 atom stereocenters. The highest BCUT2D eigenvalue weighted by Crippen LogP contribution is 2.43. The van der Waals surface area contributed by atoms with Crippen LogP contribution < -0.4 is 10.0 Å². The Morgan fingerprint density at radius 3 is 2.26 bits per heavy atom. The van der Waals surface area contributed by atoms with Crippen molar-refractivity contribution in [3.8, 4) is 22.3 Å². The van der Waals surface area contributed by atoms with E-state index in [9.17, 15) is 22.4 Å². The number of aromatic nitrogens is 2. The lowest BCUT2D eigenvalue weighted by Gasteiger charge is -2.19. The van der Waals surface area contributed by atoms with Crippen LogP contribution >= 0.6 is 11.6 Å². The van der Waals surface area contributed by atoms with Gasteiger partial charge in [0.2, 0.25) is 5.95 Å². The van der Waals surface area contributed by atoms with Crippen LogP contribution in [0.4, 0.5) is 18.9 Å². The number of methoxy groups -OCH3 is 1. The lowest BCUT2D eigenvalue weighted by molar-refractivity contribution is -0.142. The van der Waals surface area contributed by atoms with Crippen LogP contribution in [-0.4, -0.2) is 43.4 Å². The number of nitrogens with zero attached hydrogens (tertiary/aromatic N) is 2. The van der Waals surface area contributed by atoms with E-state index in [4.69, 9.17) is 16.3 Å². The first kappa shape index (κ1) is 36.6. The first-order valence-electron chi connectivity index (χ1n) is 16.7. The monoisotopic (exact) mass is 770 g/mol. The van der Waals surface area contributed by atoms with Crippen molar-refractivity contribution in [3.63, 3.8) is 0 Å². The average molecular weight is 771 g/mol. The van der Waals surface area contributed by atoms with Gasteiger partial charge in [-0.2, -0.15) is 4.39 Å². The minimum atomic E-state index is -4.34. The molecular formula is C40H30ClF3N4O5S. The predicted molar refractivity (Wildman–Crippen MR) is 198 cm³/mol. The number of rotatable bonds is 11. The second kappa shape index (κ2) is 14.9. The normalized spacial score (nSPS) is 13.4. The number of benzene rings is 4. The summed E-state index contributed by atoms with van der Waals surface area (Å²) in [5, 5.41) is 3.61. The van der Waals surface area contributed by atoms with Gasteiger partial charge < -0.3 is 10.1 Å². The Hall–Kier alpha value is -5.79. The number of hydrogen-bond donors (Lipinski definition) is 2. The zero-order valence-corrected chi connectivity index (χ0v) is 30.0. The van der Waals surface area contributed by atoms with E-state index >= 15 is 8.78 Å². The summed E-state index contributed by atoms with van der Waals surface area (Å²) in [7, 11) is -3.23. The molecule has 9 nitrogen and oxygen atoms in total. The zero-order chi connectivity index (χ0) is 38.1. The third kappa shape index (κ3) is 7.64. The molecule has 54 heavy (non-hydrogen) atoms. The van der Waals surface area contributed by atoms with E-state index in [1.807, 2.05) is 18.2 Å². The Bertz CT molecular complexity index is 2530. The summed E-state index contributed by atoms with van der Waals surface area (Å²) < 4.78 is 77.4. The Labute approximate surface area is 313 Å². The van der Waals surface area contributed by atoms with Crippen molar-refractivity contribution in [1.82, 2.24) is 15.3 Å². The van der Waals surface area contributed by atoms with E-state index in [1.54, 1.807) is 30.5 Å². The van der Waals surface area contributed by atoms with Gasteiger partial charge in [0.05, 0.1) is 23.2 Å². The molecular weight excluding hydrogens is 741 g/mol. The number of carbonyl (C=O) groups excluding carboxylic acids is 2. The number of pyridine rings is 2. The van der Waals surface area contributed by atoms with Crippen molar-refractivity contribution in [1.29, 1.82) is 0 Å². The molecule has 1 fully saturated rings. The number of nitrogens with one attached hydrogen (secondary N) is 2. The fourth-order valence-corrected chi connectivity index (χ4v) is 7.64. The molecule has 0 saturated heterocycles. The van der Waals surface area contributed by atoms with E-state index in [1.165, 1.54) is 42.1 Å². The molecule has 0 radical (unpaired) electrons. The molecule has 2 N–H and O–H groups in total. The molecule has 7 rings (SSSR count). The Balaban J connectivity index is 1.10. The van der Waals surface area contributed by atoms with Crippen LogP contribution in [0, 0.1) is 17.6 Å². The van der Waals surface area contributed by atoms with Gasteiger partial charge in [0.15, 0.2) is 0 Å². The highest BCUT2D eigenvalue weighted by Gasteiger charge is 2.29. The molecule has 274 valence electrons. The van der Waals surface area contributed by atoms with Crippen molar-refractivity contribution in [2.75, 3.05) is 11.8 Å². The van der Waals surface area contributed by atoms with Crippen LogP contribution in [0.25, 0.3) is 33.2 Å². The third-order valence-electron chi connectivity index (χ3n) is 9.15. The summed E-state index contributed by atoms with van der Waals surface area (Å²) in [6.45, 7) is 0. The van der Waals surface area contributed by atoms with E-state index in [0.29, 0.717) is 50.7 Å². The molecule has 0 bridgehead atoms. The number of anilines is 1. The molecule has 1 aliphatic rings. The Morgan fingerprint density at radius 1 is 0.870 bits per heavy atom. The molecule has 14 heteroatoms. The fraction of sp³-hybridized carbons (Fsp3) is 0.150. The summed E-state index contributed by atoms with van der Waals surface area (Å²) in [6, 6.07) is 21.1. The van der Waals surface area contributed by atoms with Crippen molar-refractivity contribution in [2.24, 2.45) is 0 Å². The summed E-state index contributed by atoms with van der Waals surface area (Å²) in [5.74, 6) is -5.08. The topological polar surface area (TPSA) is 127 Å². The van der Waals surface area contributed by atoms with Crippen molar-refractivity contribution >= 4 is 50.1 Å². The van der Waals surface area contributed by atoms with E-state index in [-0.39, 0.29) is 11.3 Å². The van der Waals surface area contributed by atoms with Gasteiger partial charge in [-0.3, -0.25) is 14.5 Å². The number of fused-ring (bicyclic) bond motifs is 1. The molecule has 0 unspecified atom stereocenters. The van der Waals surface area contributed by atoms with Gasteiger partial charge in [0, 0.05) is 46.4 Å². The molecule has 2 aromatic heterocycles. The summed E-state index contributed by atoms with van der Waals surface area (Å²) >= 11 is 6.72. The van der Waals surface area contributed by atoms with Gasteiger partial charge in [-0.15, -0.1) is 0 Å². The van der Waals surface area contributed by atoms with Crippen LogP contribution in [0.5, 0.6) is 0 Å². The highest BCUT2D eigenvalue weighted by molar-refractivity contribution is 7.92. The van der Waals surface area contributed by atoms with Crippen LogP contribution in [-0.2, 0) is 26.0 Å². The van der Waals surface area contributed by atoms with Gasteiger partial charge in [-0.05, 0) is 83.5 Å². The smallest absolute Gasteiger partial charge is 0.328 e. The fourth-order valence-electron chi connectivity index (χ4n) is 6.30. The molecule has 1 amide bonds. The second-order valence-electron chi connectivity index (χ2n) is 12.8. The molecule has 6 aromatic rings. The molecule has 0 spiro atoms. The number of sulfonamides is 1. The number of amides is 1. The summed E-state index contributed by atoms with van der Waals surface area (Å²) in [6.07, 6.45) is 5.04.